The number of methoxy groups -OCH3 is 2. The number of benzene rings is 3. The minimum atomic E-state index is -0.917. The molecule has 1 N–H and O–H groups in total. The standard InChI is InChI=1S/C27H22ClNO7/c1-33-18-7-3-15(4-8-18)24-23(25(30)16-5-9-20(34-2)19(28)13-16)26(31)27(32)29(24)17-6-10-21-22(14-17)36-12-11-35-21/h3-10,13-14,24,30H,11-12H2,1-2H3/b25-23+. The summed E-state index contributed by atoms with van der Waals surface area (Å²) < 4.78 is 21.7. The van der Waals surface area contributed by atoms with Gasteiger partial charge in [0.05, 0.1) is 30.9 Å². The molecule has 1 amide bonds. The van der Waals surface area contributed by atoms with Gasteiger partial charge in [-0.1, -0.05) is 23.7 Å². The van der Waals surface area contributed by atoms with Crippen molar-refractivity contribution in [2.24, 2.45) is 0 Å². The summed E-state index contributed by atoms with van der Waals surface area (Å²) in [5.74, 6) is 0.0858. The fraction of sp³-hybridized carbons (Fsp3) is 0.185. The second-order valence-corrected chi connectivity index (χ2v) is 8.53. The van der Waals surface area contributed by atoms with Crippen LogP contribution >= 0.6 is 11.6 Å². The Morgan fingerprint density at radius 2 is 1.67 bits per heavy atom. The Morgan fingerprint density at radius 3 is 2.33 bits per heavy atom. The fourth-order valence-electron chi connectivity index (χ4n) is 4.35. The first-order valence-corrected chi connectivity index (χ1v) is 11.5. The van der Waals surface area contributed by atoms with Crippen LogP contribution < -0.4 is 23.8 Å². The molecule has 1 unspecified atom stereocenters. The number of amides is 1. The van der Waals surface area contributed by atoms with E-state index < -0.39 is 17.7 Å². The van der Waals surface area contributed by atoms with Crippen LogP contribution in [-0.2, 0) is 9.59 Å². The first-order valence-electron chi connectivity index (χ1n) is 11.1. The maximum absolute atomic E-state index is 13.4. The average molecular weight is 508 g/mol. The lowest BCUT2D eigenvalue weighted by molar-refractivity contribution is -0.132. The molecule has 0 radical (unpaired) electrons. The predicted octanol–water partition coefficient (Wildman–Crippen LogP) is 4.75. The van der Waals surface area contributed by atoms with Crippen molar-refractivity contribution >= 4 is 34.7 Å². The van der Waals surface area contributed by atoms with Gasteiger partial charge >= 0.3 is 0 Å². The van der Waals surface area contributed by atoms with Gasteiger partial charge in [-0.15, -0.1) is 0 Å². The number of ether oxygens (including phenoxy) is 4. The van der Waals surface area contributed by atoms with Crippen molar-refractivity contribution in [3.8, 4) is 23.0 Å². The molecule has 1 saturated heterocycles. The first kappa shape index (κ1) is 23.6. The summed E-state index contributed by atoms with van der Waals surface area (Å²) in [4.78, 5) is 28.1. The Bertz CT molecular complexity index is 1380. The normalized spacial score (nSPS) is 18.3. The van der Waals surface area contributed by atoms with E-state index in [0.29, 0.717) is 47.5 Å². The Kier molecular flexibility index (Phi) is 6.20. The number of nitrogens with zero attached hydrogens (tertiary/aromatic N) is 1. The van der Waals surface area contributed by atoms with E-state index in [4.69, 9.17) is 30.5 Å². The Hall–Kier alpha value is -4.17. The number of aliphatic hydroxyl groups excluding tert-OH is 1. The van der Waals surface area contributed by atoms with Gasteiger partial charge in [0, 0.05) is 17.3 Å². The molecule has 0 aliphatic carbocycles. The maximum atomic E-state index is 13.4. The zero-order valence-electron chi connectivity index (χ0n) is 19.5. The summed E-state index contributed by atoms with van der Waals surface area (Å²) in [6.45, 7) is 0.794. The molecule has 5 rings (SSSR count). The van der Waals surface area contributed by atoms with Crippen molar-refractivity contribution in [3.05, 3.63) is 82.4 Å². The van der Waals surface area contributed by atoms with E-state index in [-0.39, 0.29) is 21.9 Å². The van der Waals surface area contributed by atoms with Crippen molar-refractivity contribution in [1.82, 2.24) is 0 Å². The minimum absolute atomic E-state index is 0.0683. The van der Waals surface area contributed by atoms with E-state index in [1.54, 1.807) is 61.7 Å². The van der Waals surface area contributed by atoms with Gasteiger partial charge < -0.3 is 24.1 Å². The molecule has 8 nitrogen and oxygen atoms in total. The van der Waals surface area contributed by atoms with Crippen LogP contribution in [0, 0.1) is 0 Å². The van der Waals surface area contributed by atoms with Crippen molar-refractivity contribution < 1.29 is 33.6 Å². The lowest BCUT2D eigenvalue weighted by Gasteiger charge is -2.27. The molecule has 3 aromatic rings. The molecular formula is C27H22ClNO7. The number of carbonyl (C=O) groups is 2. The van der Waals surface area contributed by atoms with Crippen LogP contribution in [0.15, 0.2) is 66.2 Å². The second kappa shape index (κ2) is 9.47. The highest BCUT2D eigenvalue weighted by molar-refractivity contribution is 6.51. The maximum Gasteiger partial charge on any atom is 0.300 e. The van der Waals surface area contributed by atoms with Gasteiger partial charge in [0.15, 0.2) is 11.5 Å². The lowest BCUT2D eigenvalue weighted by atomic mass is 9.95. The highest BCUT2D eigenvalue weighted by atomic mass is 35.5. The molecule has 9 heteroatoms. The van der Waals surface area contributed by atoms with E-state index >= 15 is 0 Å². The third-order valence-corrected chi connectivity index (χ3v) is 6.40. The van der Waals surface area contributed by atoms with E-state index in [0.717, 1.165) is 0 Å². The van der Waals surface area contributed by atoms with Gasteiger partial charge in [0.1, 0.15) is 30.5 Å². The van der Waals surface area contributed by atoms with Crippen LogP contribution in [-0.4, -0.2) is 44.2 Å². The molecule has 1 fully saturated rings. The number of carbonyl (C=O) groups excluding carboxylic acids is 2. The van der Waals surface area contributed by atoms with Crippen LogP contribution in [0.25, 0.3) is 5.76 Å². The number of hydrogen-bond acceptors (Lipinski definition) is 7. The molecule has 0 spiro atoms. The third kappa shape index (κ3) is 3.99. The molecule has 0 saturated carbocycles. The zero-order valence-corrected chi connectivity index (χ0v) is 20.2. The smallest absolute Gasteiger partial charge is 0.300 e. The quantitative estimate of drug-likeness (QED) is 0.302. The molecular weight excluding hydrogens is 486 g/mol. The molecule has 36 heavy (non-hydrogen) atoms. The molecule has 1 atom stereocenters. The topological polar surface area (TPSA) is 94.5 Å². The highest BCUT2D eigenvalue weighted by Gasteiger charge is 2.47. The molecule has 2 aliphatic rings. The van der Waals surface area contributed by atoms with Crippen molar-refractivity contribution in [2.45, 2.75) is 6.04 Å². The van der Waals surface area contributed by atoms with Crippen LogP contribution in [0.3, 0.4) is 0 Å². The molecule has 2 aliphatic heterocycles. The van der Waals surface area contributed by atoms with Crippen LogP contribution in [0.5, 0.6) is 23.0 Å². The van der Waals surface area contributed by atoms with Crippen molar-refractivity contribution in [1.29, 1.82) is 0 Å². The first-order chi connectivity index (χ1) is 17.4. The molecule has 0 bridgehead atoms. The highest BCUT2D eigenvalue weighted by Crippen LogP contribution is 2.45. The number of anilines is 1. The number of Topliss-reactive ketones (excluding diaryl/α,β-unsaturated/α-hetero) is 1. The molecule has 0 aromatic heterocycles. The van der Waals surface area contributed by atoms with Crippen molar-refractivity contribution in [3.63, 3.8) is 0 Å². The van der Waals surface area contributed by atoms with Gasteiger partial charge in [-0.2, -0.15) is 0 Å². The van der Waals surface area contributed by atoms with Gasteiger partial charge in [-0.3, -0.25) is 14.5 Å². The molecule has 2 heterocycles. The number of halogens is 1. The van der Waals surface area contributed by atoms with Gasteiger partial charge in [-0.05, 0) is 48.0 Å². The van der Waals surface area contributed by atoms with E-state index in [2.05, 4.69) is 0 Å². The van der Waals surface area contributed by atoms with Gasteiger partial charge in [0.25, 0.3) is 11.7 Å². The zero-order chi connectivity index (χ0) is 25.4. The van der Waals surface area contributed by atoms with E-state index in [9.17, 15) is 14.7 Å². The number of fused-ring (bicyclic) bond motifs is 1. The SMILES string of the molecule is COc1ccc(C2/C(=C(\O)c3ccc(OC)c(Cl)c3)C(=O)C(=O)N2c2ccc3c(c2)OCCO3)cc1. The van der Waals surface area contributed by atoms with Crippen LogP contribution in [0.2, 0.25) is 5.02 Å². The average Bonchev–Trinajstić information content (AvgIpc) is 3.18. The second-order valence-electron chi connectivity index (χ2n) is 8.12. The van der Waals surface area contributed by atoms with Gasteiger partial charge in [-0.25, -0.2) is 0 Å². The van der Waals surface area contributed by atoms with Gasteiger partial charge in [0.2, 0.25) is 0 Å². The monoisotopic (exact) mass is 507 g/mol. The molecule has 184 valence electrons. The lowest BCUT2D eigenvalue weighted by Crippen LogP contribution is -2.29. The number of hydrogen-bond donors (Lipinski definition) is 1. The Balaban J connectivity index is 1.68. The van der Waals surface area contributed by atoms with Crippen molar-refractivity contribution in [2.75, 3.05) is 32.3 Å². The number of ketones is 1. The Morgan fingerprint density at radius 1 is 0.944 bits per heavy atom. The minimum Gasteiger partial charge on any atom is -0.507 e. The summed E-state index contributed by atoms with van der Waals surface area (Å²) in [5, 5.41) is 11.6. The van der Waals surface area contributed by atoms with Crippen LogP contribution in [0.1, 0.15) is 17.2 Å². The van der Waals surface area contributed by atoms with Crippen LogP contribution in [0.4, 0.5) is 5.69 Å². The largest absolute Gasteiger partial charge is 0.507 e. The Labute approximate surface area is 212 Å². The molecule has 3 aromatic carbocycles. The summed E-state index contributed by atoms with van der Waals surface area (Å²) in [7, 11) is 3.02. The fourth-order valence-corrected chi connectivity index (χ4v) is 4.61. The summed E-state index contributed by atoms with van der Waals surface area (Å²) in [5.41, 5.74) is 1.24. The van der Waals surface area contributed by atoms with E-state index in [1.165, 1.54) is 18.1 Å². The summed E-state index contributed by atoms with van der Waals surface area (Å²) in [6.07, 6.45) is 0. The summed E-state index contributed by atoms with van der Waals surface area (Å²) in [6, 6.07) is 15.7. The predicted molar refractivity (Wildman–Crippen MR) is 133 cm³/mol. The summed E-state index contributed by atoms with van der Waals surface area (Å²) >= 11 is 6.26. The number of rotatable bonds is 5. The third-order valence-electron chi connectivity index (χ3n) is 6.11. The number of aliphatic hydroxyl groups is 1. The van der Waals surface area contributed by atoms with E-state index in [1.807, 2.05) is 0 Å².